The van der Waals surface area contributed by atoms with Gasteiger partial charge < -0.3 is 19.9 Å². The second kappa shape index (κ2) is 16.3. The van der Waals surface area contributed by atoms with Gasteiger partial charge in [0.05, 0.1) is 6.26 Å². The topological polar surface area (TPSA) is 125 Å². The van der Waals surface area contributed by atoms with Crippen LogP contribution in [0, 0.1) is 0 Å². The van der Waals surface area contributed by atoms with Crippen LogP contribution in [-0.4, -0.2) is 86.2 Å². The number of rotatable bonds is 14. The molecule has 48 heavy (non-hydrogen) atoms. The number of hydrogen-bond acceptors (Lipinski definition) is 6. The molecule has 0 saturated carbocycles. The smallest absolute Gasteiger partial charge is 0.408 e. The van der Waals surface area contributed by atoms with Gasteiger partial charge >= 0.3 is 6.09 Å². The van der Waals surface area contributed by atoms with Crippen molar-refractivity contribution in [2.45, 2.75) is 77.1 Å². The van der Waals surface area contributed by atoms with Crippen LogP contribution in [0.3, 0.4) is 0 Å². The summed E-state index contributed by atoms with van der Waals surface area (Å²) in [5.74, 6) is -0.708. The molecule has 0 heterocycles. The predicted octanol–water partition coefficient (Wildman–Crippen LogP) is 5.08. The van der Waals surface area contributed by atoms with Gasteiger partial charge in [-0.05, 0) is 75.4 Å². The van der Waals surface area contributed by atoms with Crippen LogP contribution in [0.2, 0.25) is 0 Å². The number of hydrogen-bond donors (Lipinski definition) is 2. The van der Waals surface area contributed by atoms with Crippen molar-refractivity contribution in [1.82, 2.24) is 19.8 Å². The number of sulfonamides is 1. The minimum atomic E-state index is -3.53. The van der Waals surface area contributed by atoms with E-state index in [0.29, 0.717) is 12.8 Å². The third-order valence-electron chi connectivity index (χ3n) is 7.86. The maximum Gasteiger partial charge on any atom is 0.408 e. The summed E-state index contributed by atoms with van der Waals surface area (Å²) in [6.45, 7) is 9.02. The number of nitrogens with zero attached hydrogens (tertiary/aromatic N) is 2. The average molecular weight is 679 g/mol. The molecule has 3 aromatic carbocycles. The van der Waals surface area contributed by atoms with Crippen molar-refractivity contribution < 1.29 is 27.5 Å². The molecule has 2 atom stereocenters. The number of ether oxygens (including phenoxy) is 1. The summed E-state index contributed by atoms with van der Waals surface area (Å²) in [7, 11) is -0.287. The van der Waals surface area contributed by atoms with E-state index in [1.165, 1.54) is 15.9 Å². The summed E-state index contributed by atoms with van der Waals surface area (Å²) in [6, 6.07) is 22.0. The van der Waals surface area contributed by atoms with Gasteiger partial charge in [-0.15, -0.1) is 0 Å². The second-order valence-electron chi connectivity index (χ2n) is 13.9. The highest BCUT2D eigenvalue weighted by Crippen LogP contribution is 2.20. The lowest BCUT2D eigenvalue weighted by Crippen LogP contribution is -2.54. The first-order valence-corrected chi connectivity index (χ1v) is 17.9. The van der Waals surface area contributed by atoms with Gasteiger partial charge in [0.1, 0.15) is 11.6 Å². The lowest BCUT2D eigenvalue weighted by molar-refractivity contribution is -0.142. The van der Waals surface area contributed by atoms with Crippen molar-refractivity contribution in [3.05, 3.63) is 96.1 Å². The van der Waals surface area contributed by atoms with E-state index >= 15 is 0 Å². The highest BCUT2D eigenvalue weighted by Gasteiger charge is 2.32. The number of carbonyl (C=O) groups is 3. The van der Waals surface area contributed by atoms with Crippen molar-refractivity contribution >= 4 is 38.7 Å². The molecule has 0 fully saturated rings. The van der Waals surface area contributed by atoms with Crippen LogP contribution in [0.15, 0.2) is 84.9 Å². The van der Waals surface area contributed by atoms with Crippen LogP contribution in [0.1, 0.15) is 52.2 Å². The van der Waals surface area contributed by atoms with Crippen molar-refractivity contribution in [3.8, 4) is 0 Å². The second-order valence-corrected chi connectivity index (χ2v) is 15.7. The fraction of sp³-hybridized carbons (Fsp3) is 0.432. The molecule has 10 nitrogen and oxygen atoms in total. The van der Waals surface area contributed by atoms with Crippen molar-refractivity contribution in [2.75, 3.05) is 26.9 Å². The van der Waals surface area contributed by atoms with Crippen LogP contribution in [-0.2, 0) is 37.2 Å². The molecule has 0 unspecified atom stereocenters. The van der Waals surface area contributed by atoms with E-state index in [4.69, 9.17) is 4.74 Å². The molecule has 0 aliphatic rings. The van der Waals surface area contributed by atoms with Crippen molar-refractivity contribution in [1.29, 1.82) is 0 Å². The third kappa shape index (κ3) is 12.4. The van der Waals surface area contributed by atoms with Gasteiger partial charge in [0.15, 0.2) is 0 Å². The number of alkyl carbamates (subject to hydrolysis) is 1. The molecule has 0 bridgehead atoms. The Bertz CT molecular complexity index is 1700. The molecule has 0 aliphatic heterocycles. The van der Waals surface area contributed by atoms with Crippen molar-refractivity contribution in [2.24, 2.45) is 0 Å². The molecule has 3 amide bonds. The fourth-order valence-electron chi connectivity index (χ4n) is 5.23. The zero-order valence-electron chi connectivity index (χ0n) is 29.3. The predicted molar refractivity (Wildman–Crippen MR) is 191 cm³/mol. The van der Waals surface area contributed by atoms with E-state index in [9.17, 15) is 22.8 Å². The molecule has 260 valence electrons. The Kier molecular flexibility index (Phi) is 12.9. The standard InChI is InChI=1S/C37H50N4O6S/c1-36(2,3)47-35(44)39-37(4,5)22-14-19-33(42)41(7)32(25-28-20-21-29-17-12-13-18-30(29)23-28)34(43)40(6)31(26-38-48(8,45)46)24-27-15-10-9-11-16-27/h9-21,23,31-32,38H,22,24-26H2,1-8H3,(H,39,44)/t31-,32-/m1/s1. The number of likely N-dealkylation sites (N-methyl/N-ethyl adjacent to an activating group) is 2. The molecule has 3 rings (SSSR count). The summed E-state index contributed by atoms with van der Waals surface area (Å²) in [6.07, 6.45) is 4.60. The Hall–Kier alpha value is -4.22. The fourth-order valence-corrected chi connectivity index (χ4v) is 5.73. The van der Waals surface area contributed by atoms with Crippen LogP contribution < -0.4 is 10.0 Å². The molecular formula is C37H50N4O6S. The maximum absolute atomic E-state index is 14.4. The number of nitrogens with one attached hydrogen (secondary N) is 2. The Morgan fingerprint density at radius 3 is 2.08 bits per heavy atom. The van der Waals surface area contributed by atoms with Gasteiger partial charge in [-0.2, -0.15) is 0 Å². The molecule has 0 saturated heterocycles. The van der Waals surface area contributed by atoms with E-state index in [0.717, 1.165) is 28.2 Å². The van der Waals surface area contributed by atoms with Gasteiger partial charge in [0, 0.05) is 38.6 Å². The first-order chi connectivity index (χ1) is 22.3. The molecular weight excluding hydrogens is 628 g/mol. The molecule has 11 heteroatoms. The minimum absolute atomic E-state index is 0.00988. The number of fused-ring (bicyclic) bond motifs is 1. The van der Waals surface area contributed by atoms with Crippen molar-refractivity contribution in [3.63, 3.8) is 0 Å². The van der Waals surface area contributed by atoms with Crippen LogP contribution in [0.4, 0.5) is 4.79 Å². The summed E-state index contributed by atoms with van der Waals surface area (Å²) >= 11 is 0. The lowest BCUT2D eigenvalue weighted by atomic mass is 9.98. The van der Waals surface area contributed by atoms with Crippen LogP contribution >= 0.6 is 0 Å². The first kappa shape index (κ1) is 38.2. The van der Waals surface area contributed by atoms with E-state index in [1.54, 1.807) is 40.9 Å². The minimum Gasteiger partial charge on any atom is -0.444 e. The highest BCUT2D eigenvalue weighted by atomic mass is 32.2. The largest absolute Gasteiger partial charge is 0.444 e. The summed E-state index contributed by atoms with van der Waals surface area (Å²) in [4.78, 5) is 43.2. The Labute approximate surface area is 285 Å². The summed E-state index contributed by atoms with van der Waals surface area (Å²) in [5, 5.41) is 4.90. The zero-order valence-corrected chi connectivity index (χ0v) is 30.1. The monoisotopic (exact) mass is 678 g/mol. The van der Waals surface area contributed by atoms with E-state index < -0.39 is 39.3 Å². The van der Waals surface area contributed by atoms with Gasteiger partial charge in [-0.3, -0.25) is 9.59 Å². The Balaban J connectivity index is 1.88. The number of amides is 3. The molecule has 0 aromatic heterocycles. The maximum atomic E-state index is 14.4. The third-order valence-corrected chi connectivity index (χ3v) is 8.55. The molecule has 0 spiro atoms. The number of carbonyl (C=O) groups excluding carboxylic acids is 3. The number of benzene rings is 3. The molecule has 0 aliphatic carbocycles. The van der Waals surface area contributed by atoms with Crippen LogP contribution in [0.25, 0.3) is 10.8 Å². The van der Waals surface area contributed by atoms with E-state index in [1.807, 2.05) is 86.6 Å². The van der Waals surface area contributed by atoms with E-state index in [2.05, 4.69) is 10.0 Å². The highest BCUT2D eigenvalue weighted by molar-refractivity contribution is 7.88. The quantitative estimate of drug-likeness (QED) is 0.229. The molecule has 2 N–H and O–H groups in total. The van der Waals surface area contributed by atoms with Gasteiger partial charge in [0.25, 0.3) is 0 Å². The lowest BCUT2D eigenvalue weighted by Gasteiger charge is -2.35. The van der Waals surface area contributed by atoms with Gasteiger partial charge in [0.2, 0.25) is 21.8 Å². The summed E-state index contributed by atoms with van der Waals surface area (Å²) < 4.78 is 32.0. The summed E-state index contributed by atoms with van der Waals surface area (Å²) in [5.41, 5.74) is 0.476. The van der Waals surface area contributed by atoms with Gasteiger partial charge in [-0.25, -0.2) is 17.9 Å². The normalized spacial score (nSPS) is 13.6. The molecule has 0 radical (unpaired) electrons. The molecule has 3 aromatic rings. The van der Waals surface area contributed by atoms with Crippen LogP contribution in [0.5, 0.6) is 0 Å². The average Bonchev–Trinajstić information content (AvgIpc) is 2.99. The zero-order chi connectivity index (χ0) is 35.7. The van der Waals surface area contributed by atoms with Gasteiger partial charge in [-0.1, -0.05) is 78.9 Å². The SMILES string of the molecule is CN(C(=O)[C@@H](Cc1ccc2ccccc2c1)N(C)C(=O)C=CCC(C)(C)NC(=O)OC(C)(C)C)[C@@H](CNS(C)(=O)=O)Cc1ccccc1. The Morgan fingerprint density at radius 1 is 0.833 bits per heavy atom. The first-order valence-electron chi connectivity index (χ1n) is 16.0. The van der Waals surface area contributed by atoms with E-state index in [-0.39, 0.29) is 24.8 Å². The Morgan fingerprint density at radius 2 is 1.46 bits per heavy atom.